The van der Waals surface area contributed by atoms with E-state index in [4.69, 9.17) is 4.74 Å². The standard InChI is InChI=1S/C8H12BrN3O2/c1-3-6(7(13)14-4-2)12-5-10-8(9)11-12/h5-6H,3-4H2,1-2H3/t6-/m1/s1. The van der Waals surface area contributed by atoms with Crippen LogP contribution in [0.1, 0.15) is 26.3 Å². The fraction of sp³-hybridized carbons (Fsp3) is 0.625. The van der Waals surface area contributed by atoms with Gasteiger partial charge in [-0.2, -0.15) is 0 Å². The van der Waals surface area contributed by atoms with Crippen LogP contribution in [0.2, 0.25) is 0 Å². The molecule has 0 bridgehead atoms. The highest BCUT2D eigenvalue weighted by molar-refractivity contribution is 9.10. The fourth-order valence-corrected chi connectivity index (χ4v) is 1.38. The lowest BCUT2D eigenvalue weighted by Gasteiger charge is -2.12. The largest absolute Gasteiger partial charge is 0.464 e. The third kappa shape index (κ3) is 2.54. The Balaban J connectivity index is 2.76. The summed E-state index contributed by atoms with van der Waals surface area (Å²) in [6.07, 6.45) is 2.14. The van der Waals surface area contributed by atoms with Gasteiger partial charge in [-0.3, -0.25) is 0 Å². The average Bonchev–Trinajstić information content (AvgIpc) is 2.54. The van der Waals surface area contributed by atoms with Crippen molar-refractivity contribution in [1.29, 1.82) is 0 Å². The Morgan fingerprint density at radius 1 is 1.71 bits per heavy atom. The Morgan fingerprint density at radius 2 is 2.43 bits per heavy atom. The molecule has 0 aliphatic rings. The van der Waals surface area contributed by atoms with Crippen LogP contribution in [-0.4, -0.2) is 27.3 Å². The maximum Gasteiger partial charge on any atom is 0.330 e. The molecular formula is C8H12BrN3O2. The van der Waals surface area contributed by atoms with Gasteiger partial charge in [0.2, 0.25) is 4.73 Å². The zero-order valence-electron chi connectivity index (χ0n) is 8.11. The molecule has 0 amide bonds. The van der Waals surface area contributed by atoms with Crippen molar-refractivity contribution in [3.63, 3.8) is 0 Å². The maximum absolute atomic E-state index is 11.5. The van der Waals surface area contributed by atoms with Crippen molar-refractivity contribution in [3.05, 3.63) is 11.1 Å². The van der Waals surface area contributed by atoms with Crippen molar-refractivity contribution >= 4 is 21.9 Å². The number of ether oxygens (including phenoxy) is 1. The van der Waals surface area contributed by atoms with Crippen LogP contribution in [0.4, 0.5) is 0 Å². The van der Waals surface area contributed by atoms with Gasteiger partial charge in [0.05, 0.1) is 6.61 Å². The minimum absolute atomic E-state index is 0.271. The Morgan fingerprint density at radius 3 is 2.86 bits per heavy atom. The molecule has 0 fully saturated rings. The molecule has 0 spiro atoms. The third-order valence-electron chi connectivity index (χ3n) is 1.75. The quantitative estimate of drug-likeness (QED) is 0.772. The fourth-order valence-electron chi connectivity index (χ4n) is 1.10. The van der Waals surface area contributed by atoms with Crippen LogP contribution in [0.5, 0.6) is 0 Å². The molecule has 1 aromatic rings. The Bertz CT molecular complexity index is 313. The number of esters is 1. The lowest BCUT2D eigenvalue weighted by atomic mass is 10.2. The number of hydrogen-bond donors (Lipinski definition) is 0. The molecule has 1 aromatic heterocycles. The first kappa shape index (κ1) is 11.2. The van der Waals surface area contributed by atoms with Crippen molar-refractivity contribution in [2.45, 2.75) is 26.3 Å². The topological polar surface area (TPSA) is 57.0 Å². The molecule has 1 heterocycles. The summed E-state index contributed by atoms with van der Waals surface area (Å²) in [7, 11) is 0. The molecule has 0 unspecified atom stereocenters. The summed E-state index contributed by atoms with van der Waals surface area (Å²) in [6, 6.07) is -0.381. The van der Waals surface area contributed by atoms with Crippen molar-refractivity contribution in [2.75, 3.05) is 6.61 Å². The van der Waals surface area contributed by atoms with Crippen LogP contribution in [0, 0.1) is 0 Å². The van der Waals surface area contributed by atoms with Gasteiger partial charge < -0.3 is 4.74 Å². The third-order valence-corrected chi connectivity index (χ3v) is 2.11. The average molecular weight is 262 g/mol. The lowest BCUT2D eigenvalue weighted by Crippen LogP contribution is -2.21. The Kier molecular flexibility index (Phi) is 4.06. The van der Waals surface area contributed by atoms with Gasteiger partial charge in [0, 0.05) is 0 Å². The van der Waals surface area contributed by atoms with Crippen molar-refractivity contribution in [2.24, 2.45) is 0 Å². The highest BCUT2D eigenvalue weighted by atomic mass is 79.9. The van der Waals surface area contributed by atoms with E-state index in [0.29, 0.717) is 17.8 Å². The predicted octanol–water partition coefficient (Wildman–Crippen LogP) is 1.55. The Labute approximate surface area is 90.6 Å². The van der Waals surface area contributed by atoms with Gasteiger partial charge in [0.1, 0.15) is 6.33 Å². The zero-order valence-corrected chi connectivity index (χ0v) is 9.69. The Hall–Kier alpha value is -0.910. The van der Waals surface area contributed by atoms with Gasteiger partial charge in [0.15, 0.2) is 6.04 Å². The van der Waals surface area contributed by atoms with Crippen LogP contribution < -0.4 is 0 Å². The van der Waals surface area contributed by atoms with Crippen molar-refractivity contribution in [3.8, 4) is 0 Å². The van der Waals surface area contributed by atoms with Gasteiger partial charge in [-0.25, -0.2) is 14.5 Å². The van der Waals surface area contributed by atoms with E-state index >= 15 is 0 Å². The molecule has 0 saturated heterocycles. The number of hydrogen-bond acceptors (Lipinski definition) is 4. The van der Waals surface area contributed by atoms with E-state index in [2.05, 4.69) is 26.0 Å². The van der Waals surface area contributed by atoms with Crippen molar-refractivity contribution < 1.29 is 9.53 Å². The predicted molar refractivity (Wildman–Crippen MR) is 53.7 cm³/mol. The summed E-state index contributed by atoms with van der Waals surface area (Å²) in [6.45, 7) is 4.06. The second-order valence-electron chi connectivity index (χ2n) is 2.67. The van der Waals surface area contributed by atoms with E-state index in [0.717, 1.165) is 0 Å². The molecule has 78 valence electrons. The highest BCUT2D eigenvalue weighted by Crippen LogP contribution is 2.13. The molecule has 0 saturated carbocycles. The van der Waals surface area contributed by atoms with E-state index < -0.39 is 0 Å². The van der Waals surface area contributed by atoms with Gasteiger partial charge in [0.25, 0.3) is 0 Å². The van der Waals surface area contributed by atoms with Crippen LogP contribution in [0.3, 0.4) is 0 Å². The first-order chi connectivity index (χ1) is 6.69. The SMILES string of the molecule is CCOC(=O)[C@@H](CC)n1cnc(Br)n1. The number of rotatable bonds is 4. The number of carbonyl (C=O) groups excluding carboxylic acids is 1. The number of nitrogens with zero attached hydrogens (tertiary/aromatic N) is 3. The molecule has 0 aliphatic heterocycles. The van der Waals surface area contributed by atoms with Crippen LogP contribution in [0.15, 0.2) is 11.1 Å². The monoisotopic (exact) mass is 261 g/mol. The van der Waals surface area contributed by atoms with Crippen LogP contribution in [-0.2, 0) is 9.53 Å². The van der Waals surface area contributed by atoms with Gasteiger partial charge >= 0.3 is 5.97 Å². The highest BCUT2D eigenvalue weighted by Gasteiger charge is 2.20. The summed E-state index contributed by atoms with van der Waals surface area (Å²) in [5.41, 5.74) is 0. The van der Waals surface area contributed by atoms with Gasteiger partial charge in [-0.15, -0.1) is 5.10 Å². The van der Waals surface area contributed by atoms with Crippen LogP contribution >= 0.6 is 15.9 Å². The molecular weight excluding hydrogens is 250 g/mol. The number of aromatic nitrogens is 3. The summed E-state index contributed by atoms with van der Waals surface area (Å²) in [5, 5.41) is 4.01. The molecule has 0 N–H and O–H groups in total. The van der Waals surface area contributed by atoms with E-state index in [1.165, 1.54) is 11.0 Å². The van der Waals surface area contributed by atoms with E-state index in [-0.39, 0.29) is 12.0 Å². The molecule has 5 nitrogen and oxygen atoms in total. The summed E-state index contributed by atoms with van der Waals surface area (Å²) in [5.74, 6) is -0.271. The first-order valence-electron chi connectivity index (χ1n) is 4.42. The normalized spacial score (nSPS) is 12.5. The van der Waals surface area contributed by atoms with Crippen LogP contribution in [0.25, 0.3) is 0 Å². The van der Waals surface area contributed by atoms with E-state index in [9.17, 15) is 4.79 Å². The second kappa shape index (κ2) is 5.09. The van der Waals surface area contributed by atoms with E-state index in [1.54, 1.807) is 6.92 Å². The summed E-state index contributed by atoms with van der Waals surface area (Å²) >= 11 is 3.12. The molecule has 1 rings (SSSR count). The molecule has 14 heavy (non-hydrogen) atoms. The second-order valence-corrected chi connectivity index (χ2v) is 3.38. The number of carbonyl (C=O) groups is 1. The van der Waals surface area contributed by atoms with Crippen molar-refractivity contribution in [1.82, 2.24) is 14.8 Å². The smallest absolute Gasteiger partial charge is 0.330 e. The summed E-state index contributed by atoms with van der Waals surface area (Å²) < 4.78 is 6.89. The summed E-state index contributed by atoms with van der Waals surface area (Å²) in [4.78, 5) is 15.3. The minimum Gasteiger partial charge on any atom is -0.464 e. The minimum atomic E-state index is -0.381. The maximum atomic E-state index is 11.5. The zero-order chi connectivity index (χ0) is 10.6. The molecule has 6 heteroatoms. The molecule has 1 atom stereocenters. The lowest BCUT2D eigenvalue weighted by molar-refractivity contribution is -0.147. The van der Waals surface area contributed by atoms with Gasteiger partial charge in [-0.05, 0) is 29.3 Å². The molecule has 0 aliphatic carbocycles. The van der Waals surface area contributed by atoms with Gasteiger partial charge in [-0.1, -0.05) is 6.92 Å². The number of halogens is 1. The first-order valence-corrected chi connectivity index (χ1v) is 5.21. The molecule has 0 aromatic carbocycles. The molecule has 0 radical (unpaired) electrons. The van der Waals surface area contributed by atoms with E-state index in [1.807, 2.05) is 6.92 Å².